The molecule has 132 valence electrons. The lowest BCUT2D eigenvalue weighted by molar-refractivity contribution is -0.142. The van der Waals surface area contributed by atoms with Crippen molar-refractivity contribution in [2.45, 2.75) is 33.1 Å². The van der Waals surface area contributed by atoms with Gasteiger partial charge < -0.3 is 9.47 Å². The van der Waals surface area contributed by atoms with Gasteiger partial charge in [0.15, 0.2) is 0 Å². The number of rotatable bonds is 8. The van der Waals surface area contributed by atoms with Crippen molar-refractivity contribution in [3.63, 3.8) is 0 Å². The van der Waals surface area contributed by atoms with Crippen molar-refractivity contribution in [2.24, 2.45) is 5.92 Å². The second kappa shape index (κ2) is 10.3. The summed E-state index contributed by atoms with van der Waals surface area (Å²) in [5.41, 5.74) is 4.92. The summed E-state index contributed by atoms with van der Waals surface area (Å²) < 4.78 is 10.00. The Bertz CT molecular complexity index is 555. The number of hydrazine groups is 1. The molecular weight excluding hydrogens is 312 g/mol. The van der Waals surface area contributed by atoms with Gasteiger partial charge in [0.1, 0.15) is 5.75 Å². The fourth-order valence-electron chi connectivity index (χ4n) is 1.69. The number of amides is 2. The highest BCUT2D eigenvalue weighted by molar-refractivity contribution is 5.95. The van der Waals surface area contributed by atoms with Crippen LogP contribution in [0.15, 0.2) is 24.3 Å². The van der Waals surface area contributed by atoms with Crippen LogP contribution in [0.1, 0.15) is 43.5 Å². The van der Waals surface area contributed by atoms with E-state index in [1.54, 1.807) is 24.3 Å². The van der Waals surface area contributed by atoms with Crippen LogP contribution in [-0.2, 0) is 14.3 Å². The molecule has 0 aliphatic rings. The highest BCUT2D eigenvalue weighted by Gasteiger charge is 2.09. The van der Waals surface area contributed by atoms with E-state index >= 15 is 0 Å². The fourth-order valence-corrected chi connectivity index (χ4v) is 1.69. The Labute approximate surface area is 141 Å². The van der Waals surface area contributed by atoms with Crippen molar-refractivity contribution in [1.82, 2.24) is 10.9 Å². The van der Waals surface area contributed by atoms with Crippen LogP contribution in [0.25, 0.3) is 0 Å². The van der Waals surface area contributed by atoms with Gasteiger partial charge in [0, 0.05) is 12.0 Å². The second-order valence-electron chi connectivity index (χ2n) is 5.63. The zero-order valence-corrected chi connectivity index (χ0v) is 14.3. The van der Waals surface area contributed by atoms with Gasteiger partial charge in [-0.1, -0.05) is 13.8 Å². The number of benzene rings is 1. The second-order valence-corrected chi connectivity index (χ2v) is 5.63. The largest absolute Gasteiger partial charge is 0.494 e. The summed E-state index contributed by atoms with van der Waals surface area (Å²) in [6.07, 6.45) is 0.857. The predicted molar refractivity (Wildman–Crippen MR) is 88.3 cm³/mol. The molecule has 1 aromatic carbocycles. The van der Waals surface area contributed by atoms with Gasteiger partial charge in [-0.25, -0.2) is 0 Å². The summed E-state index contributed by atoms with van der Waals surface area (Å²) in [6, 6.07) is 6.63. The zero-order chi connectivity index (χ0) is 17.9. The minimum Gasteiger partial charge on any atom is -0.494 e. The number of methoxy groups -OCH3 is 1. The van der Waals surface area contributed by atoms with Crippen LogP contribution in [0.3, 0.4) is 0 Å². The van der Waals surface area contributed by atoms with Gasteiger partial charge in [-0.15, -0.1) is 0 Å². The van der Waals surface area contributed by atoms with E-state index in [0.717, 1.165) is 6.42 Å². The van der Waals surface area contributed by atoms with E-state index in [9.17, 15) is 14.4 Å². The first-order valence-corrected chi connectivity index (χ1v) is 7.81. The minimum atomic E-state index is -0.482. The molecule has 7 nitrogen and oxygen atoms in total. The summed E-state index contributed by atoms with van der Waals surface area (Å²) in [6.45, 7) is 4.87. The van der Waals surface area contributed by atoms with E-state index in [0.29, 0.717) is 23.8 Å². The molecule has 1 aromatic rings. The molecule has 0 unspecified atom stereocenters. The van der Waals surface area contributed by atoms with Crippen LogP contribution < -0.4 is 15.6 Å². The lowest BCUT2D eigenvalue weighted by atomic mass is 10.1. The number of hydrogen-bond donors (Lipinski definition) is 2. The molecule has 2 amide bonds. The molecule has 0 radical (unpaired) electrons. The maximum Gasteiger partial charge on any atom is 0.306 e. The molecule has 24 heavy (non-hydrogen) atoms. The SMILES string of the molecule is COC(=O)CCC(=O)NNC(=O)c1ccc(OCCC(C)C)cc1. The third kappa shape index (κ3) is 7.62. The number of carbonyl (C=O) groups is 3. The number of esters is 1. The lowest BCUT2D eigenvalue weighted by Crippen LogP contribution is -2.41. The average Bonchev–Trinajstić information content (AvgIpc) is 2.57. The summed E-state index contributed by atoms with van der Waals surface area (Å²) in [5, 5.41) is 0. The maximum absolute atomic E-state index is 11.9. The van der Waals surface area contributed by atoms with Crippen molar-refractivity contribution in [3.8, 4) is 5.75 Å². The summed E-state index contributed by atoms with van der Waals surface area (Å²) >= 11 is 0. The minimum absolute atomic E-state index is 0.0411. The Morgan fingerprint density at radius 3 is 2.29 bits per heavy atom. The Morgan fingerprint density at radius 2 is 1.71 bits per heavy atom. The van der Waals surface area contributed by atoms with Crippen molar-refractivity contribution in [3.05, 3.63) is 29.8 Å². The third-order valence-corrected chi connectivity index (χ3v) is 3.18. The highest BCUT2D eigenvalue weighted by Crippen LogP contribution is 2.13. The zero-order valence-electron chi connectivity index (χ0n) is 14.3. The van der Waals surface area contributed by atoms with Crippen molar-refractivity contribution < 1.29 is 23.9 Å². The van der Waals surface area contributed by atoms with E-state index in [-0.39, 0.29) is 12.8 Å². The first-order valence-electron chi connectivity index (χ1n) is 7.81. The number of nitrogens with one attached hydrogen (secondary N) is 2. The number of carbonyl (C=O) groups excluding carboxylic acids is 3. The van der Waals surface area contributed by atoms with Gasteiger partial charge in [0.25, 0.3) is 5.91 Å². The standard InChI is InChI=1S/C17H24N2O5/c1-12(2)10-11-24-14-6-4-13(5-7-14)17(22)19-18-15(20)8-9-16(21)23-3/h4-7,12H,8-11H2,1-3H3,(H,18,20)(H,19,22). The first kappa shape index (κ1) is 19.5. The van der Waals surface area contributed by atoms with Gasteiger partial charge in [-0.3, -0.25) is 25.2 Å². The van der Waals surface area contributed by atoms with Crippen molar-refractivity contribution in [1.29, 1.82) is 0 Å². The molecule has 0 atom stereocenters. The Kier molecular flexibility index (Phi) is 8.32. The topological polar surface area (TPSA) is 93.7 Å². The molecule has 2 N–H and O–H groups in total. The van der Waals surface area contributed by atoms with Crippen LogP contribution >= 0.6 is 0 Å². The van der Waals surface area contributed by atoms with Gasteiger partial charge in [0.05, 0.1) is 20.1 Å². The fraction of sp³-hybridized carbons (Fsp3) is 0.471. The summed E-state index contributed by atoms with van der Waals surface area (Å²) in [5.74, 6) is -0.144. The molecular formula is C17H24N2O5. The van der Waals surface area contributed by atoms with E-state index < -0.39 is 17.8 Å². The van der Waals surface area contributed by atoms with Crippen LogP contribution in [0, 0.1) is 5.92 Å². The average molecular weight is 336 g/mol. The van der Waals surface area contributed by atoms with Gasteiger partial charge in [0.2, 0.25) is 5.91 Å². The Balaban J connectivity index is 2.37. The van der Waals surface area contributed by atoms with E-state index in [1.807, 2.05) is 0 Å². The molecule has 0 bridgehead atoms. The Morgan fingerprint density at radius 1 is 1.04 bits per heavy atom. The maximum atomic E-state index is 11.9. The molecule has 1 rings (SSSR count). The Hall–Kier alpha value is -2.57. The first-order chi connectivity index (χ1) is 11.4. The van der Waals surface area contributed by atoms with Crippen LogP contribution in [0.2, 0.25) is 0 Å². The number of ether oxygens (including phenoxy) is 2. The molecule has 0 aliphatic heterocycles. The van der Waals surface area contributed by atoms with E-state index in [1.165, 1.54) is 7.11 Å². The van der Waals surface area contributed by atoms with Gasteiger partial charge >= 0.3 is 5.97 Å². The van der Waals surface area contributed by atoms with E-state index in [2.05, 4.69) is 29.4 Å². The van der Waals surface area contributed by atoms with Crippen molar-refractivity contribution in [2.75, 3.05) is 13.7 Å². The summed E-state index contributed by atoms with van der Waals surface area (Å²) in [4.78, 5) is 34.3. The lowest BCUT2D eigenvalue weighted by Gasteiger charge is -2.09. The molecule has 0 saturated carbocycles. The van der Waals surface area contributed by atoms with Gasteiger partial charge in [-0.05, 0) is 36.6 Å². The highest BCUT2D eigenvalue weighted by atomic mass is 16.5. The monoisotopic (exact) mass is 336 g/mol. The predicted octanol–water partition coefficient (Wildman–Crippen LogP) is 1.83. The van der Waals surface area contributed by atoms with Crippen LogP contribution in [0.4, 0.5) is 0 Å². The quantitative estimate of drug-likeness (QED) is 0.558. The van der Waals surface area contributed by atoms with Gasteiger partial charge in [-0.2, -0.15) is 0 Å². The molecule has 0 aromatic heterocycles. The molecule has 0 saturated heterocycles. The molecule has 0 fully saturated rings. The van der Waals surface area contributed by atoms with Crippen molar-refractivity contribution >= 4 is 17.8 Å². The molecule has 0 heterocycles. The summed E-state index contributed by atoms with van der Waals surface area (Å²) in [7, 11) is 1.25. The molecule has 0 spiro atoms. The molecule has 0 aliphatic carbocycles. The third-order valence-electron chi connectivity index (χ3n) is 3.18. The smallest absolute Gasteiger partial charge is 0.306 e. The van der Waals surface area contributed by atoms with E-state index in [4.69, 9.17) is 4.74 Å². The van der Waals surface area contributed by atoms with Crippen LogP contribution in [-0.4, -0.2) is 31.5 Å². The molecule has 7 heteroatoms. The number of hydrogen-bond acceptors (Lipinski definition) is 5. The normalized spacial score (nSPS) is 10.2. The van der Waals surface area contributed by atoms with Crippen LogP contribution in [0.5, 0.6) is 5.75 Å².